The zero-order valence-corrected chi connectivity index (χ0v) is 9.91. The average molecular weight is 212 g/mol. The number of hydrogen-bond donors (Lipinski definition) is 0. The molecule has 0 aromatic rings. The van der Waals surface area contributed by atoms with E-state index in [2.05, 4.69) is 6.92 Å². The van der Waals surface area contributed by atoms with Gasteiger partial charge in [-0.2, -0.15) is 0 Å². The minimum Gasteiger partial charge on any atom is -0.381 e. The van der Waals surface area contributed by atoms with Crippen LogP contribution in [0.3, 0.4) is 0 Å². The molecule has 88 valence electrons. The van der Waals surface area contributed by atoms with Crippen LogP contribution in [0.15, 0.2) is 0 Å². The summed E-state index contributed by atoms with van der Waals surface area (Å²) in [4.78, 5) is 0. The summed E-state index contributed by atoms with van der Waals surface area (Å²) in [6, 6.07) is 0. The highest BCUT2D eigenvalue weighted by Crippen LogP contribution is 2.30. The molecule has 0 saturated carbocycles. The van der Waals surface area contributed by atoms with Crippen molar-refractivity contribution in [2.75, 3.05) is 26.4 Å². The molecule has 0 amide bonds. The summed E-state index contributed by atoms with van der Waals surface area (Å²) in [6.07, 6.45) is 6.61. The Labute approximate surface area is 93.3 Å². The summed E-state index contributed by atoms with van der Waals surface area (Å²) in [5.41, 5.74) is 0. The van der Waals surface area contributed by atoms with E-state index in [1.54, 1.807) is 0 Å². The van der Waals surface area contributed by atoms with Gasteiger partial charge >= 0.3 is 0 Å². The molecule has 2 saturated heterocycles. The van der Waals surface area contributed by atoms with E-state index in [9.17, 15) is 0 Å². The molecule has 2 heteroatoms. The Balaban J connectivity index is 1.72. The van der Waals surface area contributed by atoms with E-state index >= 15 is 0 Å². The lowest BCUT2D eigenvalue weighted by molar-refractivity contribution is 0.0111. The van der Waals surface area contributed by atoms with Gasteiger partial charge in [-0.05, 0) is 49.9 Å². The third-order valence-corrected chi connectivity index (χ3v) is 3.96. The van der Waals surface area contributed by atoms with Gasteiger partial charge in [-0.25, -0.2) is 0 Å². The van der Waals surface area contributed by atoms with Gasteiger partial charge in [0.15, 0.2) is 0 Å². The maximum atomic E-state index is 5.56. The zero-order valence-electron chi connectivity index (χ0n) is 9.91. The first-order chi connectivity index (χ1) is 7.36. The van der Waals surface area contributed by atoms with Gasteiger partial charge in [0.2, 0.25) is 0 Å². The van der Waals surface area contributed by atoms with Crippen molar-refractivity contribution in [2.24, 2.45) is 17.8 Å². The van der Waals surface area contributed by atoms with Crippen LogP contribution in [0.5, 0.6) is 0 Å². The largest absolute Gasteiger partial charge is 0.381 e. The lowest BCUT2D eigenvalue weighted by atomic mass is 9.81. The highest BCUT2D eigenvalue weighted by atomic mass is 16.5. The molecule has 0 spiro atoms. The van der Waals surface area contributed by atoms with Crippen LogP contribution in [0.25, 0.3) is 0 Å². The molecule has 0 aliphatic carbocycles. The Kier molecular flexibility index (Phi) is 4.45. The van der Waals surface area contributed by atoms with Crippen molar-refractivity contribution >= 4 is 0 Å². The molecule has 0 bridgehead atoms. The minimum atomic E-state index is 0.806. The molecule has 0 radical (unpaired) electrons. The van der Waals surface area contributed by atoms with Crippen molar-refractivity contribution in [1.82, 2.24) is 0 Å². The Morgan fingerprint density at radius 2 is 1.80 bits per heavy atom. The molecule has 2 rings (SSSR count). The summed E-state index contributed by atoms with van der Waals surface area (Å²) in [6.45, 7) is 6.35. The van der Waals surface area contributed by atoms with Crippen LogP contribution in [0.4, 0.5) is 0 Å². The molecule has 3 atom stereocenters. The van der Waals surface area contributed by atoms with Gasteiger partial charge < -0.3 is 9.47 Å². The van der Waals surface area contributed by atoms with E-state index in [1.807, 2.05) is 0 Å². The second-order valence-electron chi connectivity index (χ2n) is 5.27. The van der Waals surface area contributed by atoms with Gasteiger partial charge in [0.25, 0.3) is 0 Å². The standard InChI is InChI=1S/C13H24O2/c1-11(13-5-3-7-15-10-13)8-12-4-2-6-14-9-12/h11-13H,2-10H2,1H3. The van der Waals surface area contributed by atoms with Gasteiger partial charge in [0, 0.05) is 26.4 Å². The van der Waals surface area contributed by atoms with Crippen molar-refractivity contribution in [2.45, 2.75) is 39.0 Å². The van der Waals surface area contributed by atoms with Gasteiger partial charge in [0.05, 0.1) is 0 Å². The van der Waals surface area contributed by atoms with Crippen LogP contribution in [-0.4, -0.2) is 26.4 Å². The van der Waals surface area contributed by atoms with E-state index in [4.69, 9.17) is 9.47 Å². The van der Waals surface area contributed by atoms with Crippen LogP contribution in [0.1, 0.15) is 39.0 Å². The van der Waals surface area contributed by atoms with Crippen LogP contribution in [0.2, 0.25) is 0 Å². The Bertz CT molecular complexity index is 169. The quantitative estimate of drug-likeness (QED) is 0.716. The predicted molar refractivity (Wildman–Crippen MR) is 60.9 cm³/mol. The molecule has 2 nitrogen and oxygen atoms in total. The van der Waals surface area contributed by atoms with Gasteiger partial charge in [-0.1, -0.05) is 6.92 Å². The van der Waals surface area contributed by atoms with Crippen molar-refractivity contribution in [3.63, 3.8) is 0 Å². The van der Waals surface area contributed by atoms with Crippen molar-refractivity contribution in [3.05, 3.63) is 0 Å². The Hall–Kier alpha value is -0.0800. The minimum absolute atomic E-state index is 0.806. The molecule has 2 fully saturated rings. The molecule has 0 N–H and O–H groups in total. The Morgan fingerprint density at radius 3 is 2.40 bits per heavy atom. The third-order valence-electron chi connectivity index (χ3n) is 3.96. The first-order valence-electron chi connectivity index (χ1n) is 6.51. The van der Waals surface area contributed by atoms with Crippen LogP contribution in [0, 0.1) is 17.8 Å². The molecular formula is C13H24O2. The highest BCUT2D eigenvalue weighted by Gasteiger charge is 2.24. The lowest BCUT2D eigenvalue weighted by Crippen LogP contribution is -2.27. The highest BCUT2D eigenvalue weighted by molar-refractivity contribution is 4.74. The molecule has 15 heavy (non-hydrogen) atoms. The second-order valence-corrected chi connectivity index (χ2v) is 5.27. The molecule has 0 aromatic carbocycles. The van der Waals surface area contributed by atoms with Crippen molar-refractivity contribution in [1.29, 1.82) is 0 Å². The molecule has 0 aromatic heterocycles. The maximum absolute atomic E-state index is 5.56. The molecule has 3 unspecified atom stereocenters. The summed E-state index contributed by atoms with van der Waals surface area (Å²) < 4.78 is 11.1. The third kappa shape index (κ3) is 3.46. The number of ether oxygens (including phenoxy) is 2. The van der Waals surface area contributed by atoms with Crippen LogP contribution >= 0.6 is 0 Å². The van der Waals surface area contributed by atoms with E-state index in [1.165, 1.54) is 32.1 Å². The lowest BCUT2D eigenvalue weighted by Gasteiger charge is -2.31. The SMILES string of the molecule is CC(CC1CCCOC1)C1CCCOC1. The van der Waals surface area contributed by atoms with Crippen LogP contribution in [-0.2, 0) is 9.47 Å². The van der Waals surface area contributed by atoms with Gasteiger partial charge in [0.1, 0.15) is 0 Å². The van der Waals surface area contributed by atoms with Crippen molar-refractivity contribution in [3.8, 4) is 0 Å². The fourth-order valence-corrected chi connectivity index (χ4v) is 2.93. The monoisotopic (exact) mass is 212 g/mol. The Morgan fingerprint density at radius 1 is 1.07 bits per heavy atom. The maximum Gasteiger partial charge on any atom is 0.0496 e. The summed E-state index contributed by atoms with van der Waals surface area (Å²) in [5, 5.41) is 0. The average Bonchev–Trinajstić information content (AvgIpc) is 2.31. The van der Waals surface area contributed by atoms with E-state index < -0.39 is 0 Å². The first-order valence-corrected chi connectivity index (χ1v) is 6.51. The fourth-order valence-electron chi connectivity index (χ4n) is 2.93. The van der Waals surface area contributed by atoms with E-state index in [0.29, 0.717) is 0 Å². The molecule has 2 aliphatic rings. The van der Waals surface area contributed by atoms with E-state index in [0.717, 1.165) is 44.2 Å². The topological polar surface area (TPSA) is 18.5 Å². The van der Waals surface area contributed by atoms with Gasteiger partial charge in [-0.15, -0.1) is 0 Å². The first kappa shape index (κ1) is 11.4. The van der Waals surface area contributed by atoms with Crippen LogP contribution < -0.4 is 0 Å². The summed E-state index contributed by atoms with van der Waals surface area (Å²) in [5.74, 6) is 2.44. The number of rotatable bonds is 3. The summed E-state index contributed by atoms with van der Waals surface area (Å²) >= 11 is 0. The van der Waals surface area contributed by atoms with Crippen molar-refractivity contribution < 1.29 is 9.47 Å². The second kappa shape index (κ2) is 5.86. The predicted octanol–water partition coefficient (Wildman–Crippen LogP) is 2.87. The summed E-state index contributed by atoms with van der Waals surface area (Å²) in [7, 11) is 0. The molecular weight excluding hydrogens is 188 g/mol. The zero-order chi connectivity index (χ0) is 10.5. The fraction of sp³-hybridized carbons (Fsp3) is 1.00. The smallest absolute Gasteiger partial charge is 0.0496 e. The van der Waals surface area contributed by atoms with Gasteiger partial charge in [-0.3, -0.25) is 0 Å². The van der Waals surface area contributed by atoms with E-state index in [-0.39, 0.29) is 0 Å². The number of hydrogen-bond acceptors (Lipinski definition) is 2. The molecule has 2 heterocycles. The normalized spacial score (nSPS) is 35.0. The molecule has 2 aliphatic heterocycles.